The van der Waals surface area contributed by atoms with E-state index in [4.69, 9.17) is 4.52 Å². The van der Waals surface area contributed by atoms with Crippen LogP contribution in [0.1, 0.15) is 82.2 Å². The van der Waals surface area contributed by atoms with Gasteiger partial charge in [0, 0.05) is 11.6 Å². The lowest BCUT2D eigenvalue weighted by Crippen LogP contribution is -2.22. The summed E-state index contributed by atoms with van der Waals surface area (Å²) in [5, 5.41) is 5.45. The fraction of sp³-hybridized carbons (Fsp3) is 0.458. The van der Waals surface area contributed by atoms with Crippen LogP contribution in [0.4, 0.5) is 0 Å². The van der Waals surface area contributed by atoms with Crippen LogP contribution >= 0.6 is 0 Å². The summed E-state index contributed by atoms with van der Waals surface area (Å²) in [7, 11) is 0. The molecule has 6 heteroatoms. The maximum atomic E-state index is 12.2. The molecule has 3 aromatic heterocycles. The maximum absolute atomic E-state index is 12.2. The second kappa shape index (κ2) is 8.09. The van der Waals surface area contributed by atoms with E-state index >= 15 is 0 Å². The first kappa shape index (κ1) is 20.4. The zero-order chi connectivity index (χ0) is 21.4. The molecule has 0 aliphatic rings. The highest BCUT2D eigenvalue weighted by Gasteiger charge is 2.14. The largest absolute Gasteiger partial charge is 0.364 e. The fourth-order valence-electron chi connectivity index (χ4n) is 4.05. The van der Waals surface area contributed by atoms with E-state index in [1.54, 1.807) is 4.68 Å². The van der Waals surface area contributed by atoms with Crippen molar-refractivity contribution in [3.63, 3.8) is 0 Å². The molecule has 6 nitrogen and oxygen atoms in total. The molecule has 0 spiro atoms. The monoisotopic (exact) mass is 406 g/mol. The van der Waals surface area contributed by atoms with Gasteiger partial charge in [0.05, 0.1) is 11.7 Å². The number of benzene rings is 1. The molecule has 0 saturated heterocycles. The quantitative estimate of drug-likeness (QED) is 0.408. The minimum absolute atomic E-state index is 0.0641. The second-order valence-corrected chi connectivity index (χ2v) is 8.83. The van der Waals surface area contributed by atoms with Crippen LogP contribution in [0.2, 0.25) is 0 Å². The molecule has 30 heavy (non-hydrogen) atoms. The van der Waals surface area contributed by atoms with Gasteiger partial charge < -0.3 is 4.52 Å². The molecular weight excluding hydrogens is 376 g/mol. The van der Waals surface area contributed by atoms with Gasteiger partial charge in [-0.3, -0.25) is 0 Å². The lowest BCUT2D eigenvalue weighted by molar-refractivity contribution is 0.443. The van der Waals surface area contributed by atoms with Crippen LogP contribution in [0, 0.1) is 0 Å². The Hall–Kier alpha value is -2.89. The van der Waals surface area contributed by atoms with E-state index in [1.165, 1.54) is 11.1 Å². The van der Waals surface area contributed by atoms with Crippen molar-refractivity contribution in [3.8, 4) is 0 Å². The van der Waals surface area contributed by atoms with E-state index in [9.17, 15) is 4.79 Å². The third-order valence-corrected chi connectivity index (χ3v) is 5.91. The Morgan fingerprint density at radius 3 is 2.53 bits per heavy atom. The number of aryl methyl sites for hydroxylation is 1. The molecule has 1 aromatic carbocycles. The summed E-state index contributed by atoms with van der Waals surface area (Å²) in [6, 6.07) is 10.4. The SMILES string of the molecule is CC(C)c1ccc2onc(CCCC(C)c3ccc4nc(=O)n(C(C)C)n4c3)c2c1. The zero-order valence-electron chi connectivity index (χ0n) is 18.4. The van der Waals surface area contributed by atoms with Crippen LogP contribution in [0.3, 0.4) is 0 Å². The van der Waals surface area contributed by atoms with Gasteiger partial charge in [0.2, 0.25) is 0 Å². The Balaban J connectivity index is 1.48. The Bertz CT molecular complexity index is 1230. The fourth-order valence-corrected chi connectivity index (χ4v) is 4.05. The van der Waals surface area contributed by atoms with Gasteiger partial charge in [-0.15, -0.1) is 0 Å². The average Bonchev–Trinajstić information content (AvgIpc) is 3.26. The molecule has 1 unspecified atom stereocenters. The summed E-state index contributed by atoms with van der Waals surface area (Å²) >= 11 is 0. The second-order valence-electron chi connectivity index (χ2n) is 8.83. The van der Waals surface area contributed by atoms with Gasteiger partial charge in [-0.1, -0.05) is 38.1 Å². The first-order valence-corrected chi connectivity index (χ1v) is 10.8. The molecule has 0 fully saturated rings. The lowest BCUT2D eigenvalue weighted by Gasteiger charge is -2.14. The summed E-state index contributed by atoms with van der Waals surface area (Å²) < 4.78 is 9.10. The standard InChI is InChI=1S/C24H30N4O2/c1-15(2)18-9-11-22-20(13-18)21(26-30-22)8-6-7-17(5)19-10-12-23-25-24(29)28(16(3)4)27(23)14-19/h9-17H,6-8H2,1-5H3. The Labute approximate surface area is 176 Å². The third kappa shape index (κ3) is 3.78. The van der Waals surface area contributed by atoms with Crippen molar-refractivity contribution in [2.45, 2.75) is 71.8 Å². The van der Waals surface area contributed by atoms with Gasteiger partial charge in [0.15, 0.2) is 11.2 Å². The van der Waals surface area contributed by atoms with Gasteiger partial charge >= 0.3 is 5.69 Å². The number of pyridine rings is 1. The molecule has 3 heterocycles. The van der Waals surface area contributed by atoms with Crippen molar-refractivity contribution in [2.24, 2.45) is 0 Å². The first-order chi connectivity index (χ1) is 14.3. The van der Waals surface area contributed by atoms with E-state index in [0.717, 1.165) is 35.9 Å². The van der Waals surface area contributed by atoms with E-state index in [0.29, 0.717) is 17.5 Å². The van der Waals surface area contributed by atoms with Gasteiger partial charge in [-0.2, -0.15) is 4.98 Å². The molecule has 0 saturated carbocycles. The van der Waals surface area contributed by atoms with Crippen LogP contribution < -0.4 is 5.69 Å². The highest BCUT2D eigenvalue weighted by molar-refractivity contribution is 5.80. The predicted molar refractivity (Wildman–Crippen MR) is 119 cm³/mol. The summed E-state index contributed by atoms with van der Waals surface area (Å²) in [5.74, 6) is 0.857. The highest BCUT2D eigenvalue weighted by Crippen LogP contribution is 2.27. The van der Waals surface area contributed by atoms with Crippen molar-refractivity contribution in [1.82, 2.24) is 19.3 Å². The number of rotatable bonds is 7. The topological polar surface area (TPSA) is 65.3 Å². The van der Waals surface area contributed by atoms with Gasteiger partial charge in [-0.25, -0.2) is 14.0 Å². The molecule has 1 atom stereocenters. The number of hydrogen-bond donors (Lipinski definition) is 0. The van der Waals surface area contributed by atoms with Crippen LogP contribution in [-0.2, 0) is 6.42 Å². The summed E-state index contributed by atoms with van der Waals surface area (Å²) in [6.45, 7) is 10.6. The van der Waals surface area contributed by atoms with Crippen LogP contribution in [0.5, 0.6) is 0 Å². The van der Waals surface area contributed by atoms with Crippen molar-refractivity contribution >= 4 is 16.6 Å². The number of fused-ring (bicyclic) bond motifs is 2. The molecule has 0 aliphatic carbocycles. The summed E-state index contributed by atoms with van der Waals surface area (Å²) in [6.07, 6.45) is 5.00. The highest BCUT2D eigenvalue weighted by atomic mass is 16.5. The molecule has 0 amide bonds. The Morgan fingerprint density at radius 1 is 1.03 bits per heavy atom. The Kier molecular flexibility index (Phi) is 5.50. The van der Waals surface area contributed by atoms with E-state index in [1.807, 2.05) is 30.5 Å². The molecule has 0 bridgehead atoms. The smallest absolute Gasteiger partial charge is 0.356 e. The maximum Gasteiger partial charge on any atom is 0.364 e. The van der Waals surface area contributed by atoms with Crippen molar-refractivity contribution in [2.75, 3.05) is 0 Å². The lowest BCUT2D eigenvalue weighted by atomic mass is 9.95. The first-order valence-electron chi connectivity index (χ1n) is 10.8. The van der Waals surface area contributed by atoms with Gasteiger partial charge in [0.25, 0.3) is 0 Å². The number of aromatic nitrogens is 4. The van der Waals surface area contributed by atoms with E-state index in [-0.39, 0.29) is 11.7 Å². The average molecular weight is 407 g/mol. The van der Waals surface area contributed by atoms with E-state index in [2.05, 4.69) is 55.3 Å². The molecule has 0 aliphatic heterocycles. The minimum Gasteiger partial charge on any atom is -0.356 e. The van der Waals surface area contributed by atoms with Crippen LogP contribution in [-0.4, -0.2) is 19.3 Å². The molecule has 4 aromatic rings. The van der Waals surface area contributed by atoms with Gasteiger partial charge in [0.1, 0.15) is 0 Å². The summed E-state index contributed by atoms with van der Waals surface area (Å²) in [5.41, 5.74) is 4.91. The minimum atomic E-state index is -0.200. The molecule has 0 N–H and O–H groups in total. The van der Waals surface area contributed by atoms with Crippen molar-refractivity contribution < 1.29 is 4.52 Å². The Morgan fingerprint density at radius 2 is 1.80 bits per heavy atom. The summed E-state index contributed by atoms with van der Waals surface area (Å²) in [4.78, 5) is 16.3. The molecular formula is C24H30N4O2. The number of hydrogen-bond acceptors (Lipinski definition) is 4. The molecule has 158 valence electrons. The van der Waals surface area contributed by atoms with Crippen LogP contribution in [0.15, 0.2) is 45.8 Å². The van der Waals surface area contributed by atoms with Gasteiger partial charge in [-0.05, 0) is 74.3 Å². The molecule has 4 rings (SSSR count). The van der Waals surface area contributed by atoms with Crippen LogP contribution in [0.25, 0.3) is 16.6 Å². The van der Waals surface area contributed by atoms with E-state index < -0.39 is 0 Å². The third-order valence-electron chi connectivity index (χ3n) is 5.91. The zero-order valence-corrected chi connectivity index (χ0v) is 18.4. The normalized spacial score (nSPS) is 13.2. The number of nitrogens with zero attached hydrogens (tertiary/aromatic N) is 4. The predicted octanol–water partition coefficient (Wildman–Crippen LogP) is 5.47. The van der Waals surface area contributed by atoms with Crippen molar-refractivity contribution in [3.05, 3.63) is 63.8 Å². The molecule has 0 radical (unpaired) electrons. The van der Waals surface area contributed by atoms with Crippen molar-refractivity contribution in [1.29, 1.82) is 0 Å².